The average Bonchev–Trinajstić information content (AvgIpc) is 3.40. The number of alkyl halides is 2. The Kier molecular flexibility index (Phi) is 7.38. The van der Waals surface area contributed by atoms with E-state index in [-0.39, 0.29) is 39.0 Å². The molecular formula is C33H21Cl2F5N2O7. The number of nitrogens with zero attached hydrogens (tertiary/aromatic N) is 2. The molecule has 7 rings (SSSR count). The molecule has 3 aromatic rings. The molecule has 2 heterocycles. The zero-order valence-electron chi connectivity index (χ0n) is 24.7. The van der Waals surface area contributed by atoms with Gasteiger partial charge in [0.1, 0.15) is 11.4 Å². The topological polar surface area (TPSA) is 132 Å². The molecule has 0 spiro atoms. The van der Waals surface area contributed by atoms with Crippen LogP contribution in [0.1, 0.15) is 30.7 Å². The molecule has 4 aliphatic rings. The number of aliphatic carboxylic acids is 1. The molecule has 16 heteroatoms. The molecule has 3 fully saturated rings. The summed E-state index contributed by atoms with van der Waals surface area (Å²) < 4.78 is 73.3. The second-order valence-corrected chi connectivity index (χ2v) is 13.6. The number of rotatable bonds is 5. The molecule has 49 heavy (non-hydrogen) atoms. The molecule has 2 aliphatic heterocycles. The van der Waals surface area contributed by atoms with Gasteiger partial charge in [-0.25, -0.2) is 26.9 Å². The van der Waals surface area contributed by atoms with Crippen LogP contribution in [0.25, 0.3) is 10.8 Å². The number of hydrogen-bond acceptors (Lipinski definition) is 6. The molecule has 2 saturated heterocycles. The summed E-state index contributed by atoms with van der Waals surface area (Å²) in [4.78, 5) is 62.3. The summed E-state index contributed by atoms with van der Waals surface area (Å²) in [5.41, 5.74) is -1.51. The number of benzene rings is 3. The van der Waals surface area contributed by atoms with Gasteiger partial charge in [0.2, 0.25) is 17.6 Å². The lowest BCUT2D eigenvalue weighted by atomic mass is 9.56. The first-order valence-corrected chi connectivity index (χ1v) is 15.6. The van der Waals surface area contributed by atoms with Crippen molar-refractivity contribution in [1.82, 2.24) is 4.90 Å². The summed E-state index contributed by atoms with van der Waals surface area (Å²) in [7, 11) is 0. The molecule has 6 unspecified atom stereocenters. The highest BCUT2D eigenvalue weighted by Gasteiger charge is 2.77. The first-order chi connectivity index (χ1) is 23.1. The van der Waals surface area contributed by atoms with E-state index in [4.69, 9.17) is 23.2 Å². The van der Waals surface area contributed by atoms with Crippen LogP contribution in [0.15, 0.2) is 48.0 Å². The third kappa shape index (κ3) is 4.19. The fourth-order valence-electron chi connectivity index (χ4n) is 7.96. The van der Waals surface area contributed by atoms with Gasteiger partial charge in [0.05, 0.1) is 18.3 Å². The molecule has 1 saturated carbocycles. The molecule has 6 atom stereocenters. The molecule has 3 aromatic carbocycles. The number of likely N-dealkylation sites (tertiary alicyclic amines) is 1. The Morgan fingerprint density at radius 3 is 2.08 bits per heavy atom. The van der Waals surface area contributed by atoms with Crippen LogP contribution in [-0.2, 0) is 24.0 Å². The number of carbonyl (C=O) groups excluding carboxylic acids is 4. The van der Waals surface area contributed by atoms with Crippen LogP contribution in [-0.4, -0.2) is 61.0 Å². The summed E-state index contributed by atoms with van der Waals surface area (Å²) in [5, 5.41) is 20.3. The first-order valence-electron chi connectivity index (χ1n) is 14.8. The van der Waals surface area contributed by atoms with Crippen LogP contribution in [0, 0.1) is 46.8 Å². The van der Waals surface area contributed by atoms with E-state index < -0.39 is 117 Å². The van der Waals surface area contributed by atoms with Crippen molar-refractivity contribution in [3.8, 4) is 5.75 Å². The minimum atomic E-state index is -2.73. The number of carboxylic acid groups (broad SMARTS) is 1. The van der Waals surface area contributed by atoms with Crippen molar-refractivity contribution in [3.05, 3.63) is 82.7 Å². The van der Waals surface area contributed by atoms with Gasteiger partial charge >= 0.3 is 5.97 Å². The SMILES string of the molecule is O=C(O)CCN1C(=O)C2CC=C3C(CC4(Cl)C(=O)N(c5c(F)c(F)c(F)c(F)c5F)C(=O)C4(Cl)C3c3ccc(O)c4ccccc34)C2C1=O. The highest BCUT2D eigenvalue weighted by molar-refractivity contribution is 6.58. The van der Waals surface area contributed by atoms with Crippen molar-refractivity contribution in [2.45, 2.75) is 34.9 Å². The van der Waals surface area contributed by atoms with Crippen molar-refractivity contribution in [1.29, 1.82) is 0 Å². The molecule has 0 aromatic heterocycles. The van der Waals surface area contributed by atoms with E-state index >= 15 is 8.78 Å². The number of anilines is 1. The predicted octanol–water partition coefficient (Wildman–Crippen LogP) is 5.28. The number of amides is 4. The third-order valence-corrected chi connectivity index (χ3v) is 11.5. The van der Waals surface area contributed by atoms with Gasteiger partial charge in [0.15, 0.2) is 33.0 Å². The Bertz CT molecular complexity index is 2080. The van der Waals surface area contributed by atoms with Gasteiger partial charge in [0.25, 0.3) is 11.8 Å². The van der Waals surface area contributed by atoms with Gasteiger partial charge in [-0.05, 0) is 35.8 Å². The maximum absolute atomic E-state index is 15.2. The number of hydrogen-bond donors (Lipinski definition) is 2. The molecule has 254 valence electrons. The van der Waals surface area contributed by atoms with Crippen LogP contribution < -0.4 is 4.90 Å². The largest absolute Gasteiger partial charge is 0.507 e. The van der Waals surface area contributed by atoms with Crippen molar-refractivity contribution in [2.75, 3.05) is 11.4 Å². The Balaban J connectivity index is 1.47. The quantitative estimate of drug-likeness (QED) is 0.0915. The zero-order valence-corrected chi connectivity index (χ0v) is 26.2. The molecule has 2 N–H and O–H groups in total. The fourth-order valence-corrected chi connectivity index (χ4v) is 8.89. The van der Waals surface area contributed by atoms with Crippen LogP contribution in [0.4, 0.5) is 27.6 Å². The highest BCUT2D eigenvalue weighted by Crippen LogP contribution is 2.66. The van der Waals surface area contributed by atoms with Crippen molar-refractivity contribution < 1.29 is 56.1 Å². The summed E-state index contributed by atoms with van der Waals surface area (Å²) in [6, 6.07) is 8.84. The van der Waals surface area contributed by atoms with Crippen molar-refractivity contribution >= 4 is 69.3 Å². The number of phenolic OH excluding ortho intramolecular Hbond substituents is 1. The van der Waals surface area contributed by atoms with E-state index in [9.17, 15) is 47.4 Å². The number of carboxylic acids is 1. The summed E-state index contributed by atoms with van der Waals surface area (Å²) in [6.45, 7) is -0.453. The maximum atomic E-state index is 15.2. The molecule has 2 aliphatic carbocycles. The van der Waals surface area contributed by atoms with Gasteiger partial charge in [-0.2, -0.15) is 0 Å². The van der Waals surface area contributed by atoms with Crippen molar-refractivity contribution in [3.63, 3.8) is 0 Å². The van der Waals surface area contributed by atoms with Crippen LogP contribution in [0.5, 0.6) is 5.75 Å². The number of carbonyl (C=O) groups is 5. The Morgan fingerprint density at radius 2 is 1.45 bits per heavy atom. The Labute approximate surface area is 282 Å². The summed E-state index contributed by atoms with van der Waals surface area (Å²) in [5.74, 6) is -23.5. The lowest BCUT2D eigenvalue weighted by molar-refractivity contribution is -0.142. The third-order valence-electron chi connectivity index (χ3n) is 10.1. The molecule has 4 amide bonds. The molecule has 0 radical (unpaired) electrons. The minimum Gasteiger partial charge on any atom is -0.507 e. The summed E-state index contributed by atoms with van der Waals surface area (Å²) in [6.07, 6.45) is 0.185. The van der Waals surface area contributed by atoms with Crippen molar-refractivity contribution in [2.24, 2.45) is 17.8 Å². The van der Waals surface area contributed by atoms with E-state index in [1.807, 2.05) is 0 Å². The van der Waals surface area contributed by atoms with E-state index in [1.165, 1.54) is 30.3 Å². The van der Waals surface area contributed by atoms with Gasteiger partial charge in [0, 0.05) is 17.8 Å². The second kappa shape index (κ2) is 11.0. The minimum absolute atomic E-state index is 0.0943. The Morgan fingerprint density at radius 1 is 0.837 bits per heavy atom. The predicted molar refractivity (Wildman–Crippen MR) is 161 cm³/mol. The smallest absolute Gasteiger partial charge is 0.305 e. The number of halogens is 7. The molecular weight excluding hydrogens is 702 g/mol. The molecule has 9 nitrogen and oxygen atoms in total. The van der Waals surface area contributed by atoms with Crippen LogP contribution in [0.2, 0.25) is 0 Å². The van der Waals surface area contributed by atoms with E-state index in [2.05, 4.69) is 0 Å². The molecule has 0 bridgehead atoms. The lowest BCUT2D eigenvalue weighted by Crippen LogP contribution is -2.60. The van der Waals surface area contributed by atoms with Gasteiger partial charge < -0.3 is 10.2 Å². The van der Waals surface area contributed by atoms with E-state index in [0.29, 0.717) is 0 Å². The average molecular weight is 723 g/mol. The van der Waals surface area contributed by atoms with Gasteiger partial charge in [-0.15, -0.1) is 23.2 Å². The number of phenols is 1. The van der Waals surface area contributed by atoms with E-state index in [1.54, 1.807) is 12.1 Å². The fraction of sp³-hybridized carbons (Fsp3) is 0.303. The summed E-state index contributed by atoms with van der Waals surface area (Å²) >= 11 is 14.3. The zero-order chi connectivity index (χ0) is 35.5. The monoisotopic (exact) mass is 722 g/mol. The highest BCUT2D eigenvalue weighted by atomic mass is 35.5. The van der Waals surface area contributed by atoms with Crippen LogP contribution in [0.3, 0.4) is 0 Å². The Hall–Kier alpha value is -4.56. The van der Waals surface area contributed by atoms with Gasteiger partial charge in [-0.1, -0.05) is 42.0 Å². The van der Waals surface area contributed by atoms with E-state index in [0.717, 1.165) is 4.90 Å². The maximum Gasteiger partial charge on any atom is 0.305 e. The standard InChI is InChI=1S/C33H21Cl2F5N2O7/c34-32-11-17-15(5-6-16-20(17)29(47)41(28(16)46)10-9-19(44)45)21(14-7-8-18(43)13-4-2-1-3-12(13)14)33(32,35)31(49)42(30(32)48)27-25(39)23(37)22(36)24(38)26(27)40/h1-5,7-8,16-17,20-21,43H,6,9-11H2,(H,44,45). The van der Waals surface area contributed by atoms with Gasteiger partial charge in [-0.3, -0.25) is 28.9 Å². The number of imide groups is 2. The number of aromatic hydroxyl groups is 1. The van der Waals surface area contributed by atoms with Crippen LogP contribution >= 0.6 is 23.2 Å². The first kappa shape index (κ1) is 33.0. The second-order valence-electron chi connectivity index (χ2n) is 12.4. The lowest BCUT2D eigenvalue weighted by Gasteiger charge is -2.51. The number of allylic oxidation sites excluding steroid dienone is 2. The normalized spacial score (nSPS) is 29.3. The number of fused-ring (bicyclic) bond motifs is 5.